The Morgan fingerprint density at radius 3 is 1.86 bits per heavy atom. The van der Waals surface area contributed by atoms with E-state index in [1.807, 2.05) is 0 Å². The van der Waals surface area contributed by atoms with Crippen molar-refractivity contribution in [3.05, 3.63) is 11.6 Å². The van der Waals surface area contributed by atoms with E-state index in [4.69, 9.17) is 0 Å². The quantitative estimate of drug-likeness (QED) is 0.291. The van der Waals surface area contributed by atoms with Gasteiger partial charge in [0.05, 0.1) is 5.60 Å². The van der Waals surface area contributed by atoms with E-state index >= 15 is 0 Å². The van der Waals surface area contributed by atoms with Gasteiger partial charge in [-0.25, -0.2) is 0 Å². The molecule has 0 bridgehead atoms. The fourth-order valence-corrected chi connectivity index (χ4v) is 5.85. The predicted molar refractivity (Wildman–Crippen MR) is 129 cm³/mol. The summed E-state index contributed by atoms with van der Waals surface area (Å²) in [4.78, 5) is 0. The van der Waals surface area contributed by atoms with E-state index in [9.17, 15) is 10.2 Å². The van der Waals surface area contributed by atoms with Crippen molar-refractivity contribution < 1.29 is 10.2 Å². The summed E-state index contributed by atoms with van der Waals surface area (Å²) in [6.07, 6.45) is 7.52. The summed E-state index contributed by atoms with van der Waals surface area (Å²) >= 11 is 0. The molecule has 0 rings (SSSR count). The Kier molecular flexibility index (Phi) is 12.4. The molecule has 0 saturated carbocycles. The van der Waals surface area contributed by atoms with Crippen LogP contribution in [0.15, 0.2) is 11.6 Å². The zero-order chi connectivity index (χ0) is 23.0. The summed E-state index contributed by atoms with van der Waals surface area (Å²) in [6.45, 7) is 25.0. The topological polar surface area (TPSA) is 40.5 Å². The minimum Gasteiger partial charge on any atom is -0.396 e. The van der Waals surface area contributed by atoms with E-state index in [2.05, 4.69) is 82.2 Å². The van der Waals surface area contributed by atoms with Gasteiger partial charge in [-0.3, -0.25) is 0 Å². The van der Waals surface area contributed by atoms with Crippen molar-refractivity contribution in [2.75, 3.05) is 6.61 Å². The molecule has 2 nitrogen and oxygen atoms in total. The number of allylic oxidation sites excluding steroid dienone is 1. The summed E-state index contributed by atoms with van der Waals surface area (Å²) < 4.78 is 0. The molecule has 0 fully saturated rings. The van der Waals surface area contributed by atoms with Gasteiger partial charge in [-0.05, 0) is 75.0 Å². The van der Waals surface area contributed by atoms with Gasteiger partial charge in [-0.15, -0.1) is 0 Å². The van der Waals surface area contributed by atoms with Crippen LogP contribution in [0, 0.1) is 40.9 Å². The second-order valence-corrected chi connectivity index (χ2v) is 10.7. The highest BCUT2D eigenvalue weighted by atomic mass is 16.3. The predicted octanol–water partition coefficient (Wildman–Crippen LogP) is 7.49. The van der Waals surface area contributed by atoms with Crippen molar-refractivity contribution in [3.8, 4) is 0 Å². The average molecular weight is 411 g/mol. The van der Waals surface area contributed by atoms with Crippen LogP contribution in [0.3, 0.4) is 0 Å². The third-order valence-corrected chi connectivity index (χ3v) is 8.61. The maximum atomic E-state index is 12.2. The minimum atomic E-state index is -0.791. The van der Waals surface area contributed by atoms with Crippen molar-refractivity contribution >= 4 is 0 Å². The summed E-state index contributed by atoms with van der Waals surface area (Å²) in [7, 11) is 0. The van der Waals surface area contributed by atoms with Crippen LogP contribution >= 0.6 is 0 Å². The lowest BCUT2D eigenvalue weighted by Gasteiger charge is -2.54. The van der Waals surface area contributed by atoms with E-state index in [1.165, 1.54) is 24.8 Å². The van der Waals surface area contributed by atoms with Crippen molar-refractivity contribution in [2.45, 2.75) is 114 Å². The van der Waals surface area contributed by atoms with Gasteiger partial charge in [0.1, 0.15) is 0 Å². The van der Waals surface area contributed by atoms with E-state index in [1.54, 1.807) is 0 Å². The van der Waals surface area contributed by atoms with E-state index < -0.39 is 5.60 Å². The van der Waals surface area contributed by atoms with Crippen LogP contribution in [0.4, 0.5) is 0 Å². The third-order valence-electron chi connectivity index (χ3n) is 8.61. The van der Waals surface area contributed by atoms with Gasteiger partial charge < -0.3 is 10.2 Å². The molecule has 0 saturated heterocycles. The first-order chi connectivity index (χ1) is 13.3. The molecule has 0 spiro atoms. The average Bonchev–Trinajstić information content (AvgIpc) is 2.70. The van der Waals surface area contributed by atoms with Gasteiger partial charge in [0.25, 0.3) is 0 Å². The van der Waals surface area contributed by atoms with Crippen molar-refractivity contribution in [3.63, 3.8) is 0 Å². The van der Waals surface area contributed by atoms with Gasteiger partial charge in [-0.1, -0.05) is 80.4 Å². The third kappa shape index (κ3) is 6.82. The zero-order valence-corrected chi connectivity index (χ0v) is 21.7. The molecular weight excluding hydrogens is 356 g/mol. The molecule has 0 heterocycles. The van der Waals surface area contributed by atoms with Crippen LogP contribution in [-0.2, 0) is 0 Å². The van der Waals surface area contributed by atoms with Crippen molar-refractivity contribution in [1.82, 2.24) is 0 Å². The fraction of sp³-hybridized carbons (Fsp3) is 0.926. The number of hydrogen-bond acceptors (Lipinski definition) is 2. The molecule has 0 aromatic rings. The van der Waals surface area contributed by atoms with Crippen LogP contribution in [0.25, 0.3) is 0 Å². The van der Waals surface area contributed by atoms with E-state index in [-0.39, 0.29) is 23.9 Å². The second-order valence-electron chi connectivity index (χ2n) is 10.7. The number of aliphatic hydroxyl groups excluding tert-OH is 1. The maximum absolute atomic E-state index is 12.2. The molecular formula is C27H54O2. The Balaban J connectivity index is 5.88. The Bertz CT molecular complexity index is 485. The monoisotopic (exact) mass is 410 g/mol. The molecule has 0 radical (unpaired) electrons. The maximum Gasteiger partial charge on any atom is 0.0763 e. The Morgan fingerprint density at radius 1 is 0.897 bits per heavy atom. The SMILES string of the molecule is CC=C(C)C(C)(C(C)C(C)CC(C)CC(C)CC)C(O)(CC)C(C)CC(C)CO. The highest BCUT2D eigenvalue weighted by Crippen LogP contribution is 2.54. The Morgan fingerprint density at radius 2 is 1.45 bits per heavy atom. The van der Waals surface area contributed by atoms with Gasteiger partial charge in [0.2, 0.25) is 0 Å². The van der Waals surface area contributed by atoms with E-state index in [0.29, 0.717) is 17.8 Å². The molecule has 0 aromatic heterocycles. The largest absolute Gasteiger partial charge is 0.396 e. The highest BCUT2D eigenvalue weighted by molar-refractivity contribution is 5.20. The number of hydrogen-bond donors (Lipinski definition) is 2. The normalized spacial score (nSPS) is 23.4. The molecule has 0 amide bonds. The first-order valence-electron chi connectivity index (χ1n) is 12.3. The van der Waals surface area contributed by atoms with Crippen molar-refractivity contribution in [2.24, 2.45) is 40.9 Å². The standard InChI is InChI=1S/C27H54O2/c1-12-19(4)15-20(5)16-22(7)25(10)26(11,23(8)13-2)27(29,14-3)24(9)17-21(6)18-28/h13,19-22,24-25,28-29H,12,14-18H2,1-11H3. The van der Waals surface area contributed by atoms with Gasteiger partial charge >= 0.3 is 0 Å². The molecule has 2 heteroatoms. The lowest BCUT2D eigenvalue weighted by atomic mass is 9.53. The molecule has 29 heavy (non-hydrogen) atoms. The van der Waals surface area contributed by atoms with Crippen LogP contribution in [0.5, 0.6) is 0 Å². The summed E-state index contributed by atoms with van der Waals surface area (Å²) in [5.74, 6) is 2.73. The van der Waals surface area contributed by atoms with Crippen LogP contribution in [-0.4, -0.2) is 22.4 Å². The molecule has 0 aromatic carbocycles. The van der Waals surface area contributed by atoms with Crippen LogP contribution in [0.2, 0.25) is 0 Å². The lowest BCUT2D eigenvalue weighted by Crippen LogP contribution is -2.56. The zero-order valence-electron chi connectivity index (χ0n) is 21.7. The Labute approximate surface area is 183 Å². The highest BCUT2D eigenvalue weighted by Gasteiger charge is 2.53. The molecule has 8 atom stereocenters. The molecule has 0 aliphatic carbocycles. The van der Waals surface area contributed by atoms with Crippen LogP contribution < -0.4 is 0 Å². The Hall–Kier alpha value is -0.340. The van der Waals surface area contributed by atoms with E-state index in [0.717, 1.165) is 18.8 Å². The fourth-order valence-electron chi connectivity index (χ4n) is 5.85. The summed E-state index contributed by atoms with van der Waals surface area (Å²) in [5.41, 5.74) is 0.209. The molecule has 8 unspecified atom stereocenters. The van der Waals surface area contributed by atoms with Crippen LogP contribution in [0.1, 0.15) is 108 Å². The molecule has 0 aliphatic rings. The smallest absolute Gasteiger partial charge is 0.0763 e. The van der Waals surface area contributed by atoms with Gasteiger partial charge in [-0.2, -0.15) is 0 Å². The first-order valence-corrected chi connectivity index (χ1v) is 12.3. The number of aliphatic hydroxyl groups is 2. The second kappa shape index (κ2) is 12.5. The minimum absolute atomic E-state index is 0.127. The van der Waals surface area contributed by atoms with Gasteiger partial charge in [0.15, 0.2) is 0 Å². The summed E-state index contributed by atoms with van der Waals surface area (Å²) in [5, 5.41) is 21.7. The number of rotatable bonds is 14. The summed E-state index contributed by atoms with van der Waals surface area (Å²) in [6, 6.07) is 0. The molecule has 0 aliphatic heterocycles. The molecule has 174 valence electrons. The first kappa shape index (κ1) is 28.7. The van der Waals surface area contributed by atoms with Crippen molar-refractivity contribution in [1.29, 1.82) is 0 Å². The van der Waals surface area contributed by atoms with Gasteiger partial charge in [0, 0.05) is 12.0 Å². The molecule has 2 N–H and O–H groups in total. The lowest BCUT2D eigenvalue weighted by molar-refractivity contribution is -0.137.